The molecule has 0 aromatic heterocycles. The fourth-order valence-corrected chi connectivity index (χ4v) is 11.8. The summed E-state index contributed by atoms with van der Waals surface area (Å²) in [5.74, 6) is -0.898. The second-order valence-corrected chi connectivity index (χ2v) is 17.2. The molecule has 4 atom stereocenters. The molecule has 0 saturated carbocycles. The third kappa shape index (κ3) is 8.45. The Morgan fingerprint density at radius 2 is 0.600 bits per heavy atom. The summed E-state index contributed by atoms with van der Waals surface area (Å²) in [6, 6.07) is 59.6. The van der Waals surface area contributed by atoms with Gasteiger partial charge < -0.3 is 9.47 Å². The summed E-state index contributed by atoms with van der Waals surface area (Å²) in [4.78, 5) is 28.2. The van der Waals surface area contributed by atoms with Crippen LogP contribution in [0.2, 0.25) is 0 Å². The first kappa shape index (κ1) is 35.0. The van der Waals surface area contributed by atoms with Crippen LogP contribution >= 0.6 is 15.8 Å². The Morgan fingerprint density at radius 3 is 0.840 bits per heavy atom. The molecule has 4 nitrogen and oxygen atoms in total. The van der Waals surface area contributed by atoms with Gasteiger partial charge in [-0.3, -0.25) is 0 Å². The molecule has 250 valence electrons. The predicted octanol–water partition coefficient (Wildman–Crippen LogP) is 8.48. The highest BCUT2D eigenvalue weighted by Crippen LogP contribution is 2.48. The summed E-state index contributed by atoms with van der Waals surface area (Å²) in [6.45, 7) is 4.27. The number of carbonyl (C=O) groups is 2. The highest BCUT2D eigenvalue weighted by molar-refractivity contribution is 7.74. The Kier molecular flexibility index (Phi) is 12.0. The van der Waals surface area contributed by atoms with Crippen LogP contribution in [0, 0.1) is 0 Å². The second kappa shape index (κ2) is 17.2. The third-order valence-corrected chi connectivity index (χ3v) is 14.4. The SMILES string of the molecule is C[C@H]([C@@H](OC(=O)c1ccccc1)[C@H](OC(=O)c1ccccc1)[C@@H](C)P(c1ccccc1)c1ccccc1)P(c1ccccc1)c1ccccc1. The summed E-state index contributed by atoms with van der Waals surface area (Å²) < 4.78 is 13.3. The summed E-state index contributed by atoms with van der Waals surface area (Å²) in [5, 5.41) is 4.60. The largest absolute Gasteiger partial charge is 0.454 e. The van der Waals surface area contributed by atoms with E-state index in [1.54, 1.807) is 24.3 Å². The Bertz CT molecular complexity index is 1700. The molecule has 0 bridgehead atoms. The van der Waals surface area contributed by atoms with Crippen molar-refractivity contribution in [2.75, 3.05) is 0 Å². The van der Waals surface area contributed by atoms with E-state index in [0.717, 1.165) is 21.2 Å². The maximum atomic E-state index is 14.1. The number of esters is 2. The average molecular weight is 695 g/mol. The van der Waals surface area contributed by atoms with Crippen molar-refractivity contribution in [1.82, 2.24) is 0 Å². The van der Waals surface area contributed by atoms with Crippen LogP contribution in [0.1, 0.15) is 34.6 Å². The van der Waals surface area contributed by atoms with Crippen LogP contribution in [0.15, 0.2) is 182 Å². The van der Waals surface area contributed by atoms with E-state index in [4.69, 9.17) is 9.47 Å². The smallest absolute Gasteiger partial charge is 0.338 e. The van der Waals surface area contributed by atoms with Crippen molar-refractivity contribution in [3.8, 4) is 0 Å². The number of hydrogen-bond acceptors (Lipinski definition) is 4. The third-order valence-electron chi connectivity index (χ3n) is 8.73. The molecule has 0 spiro atoms. The maximum absolute atomic E-state index is 14.1. The minimum atomic E-state index is -1.08. The van der Waals surface area contributed by atoms with E-state index in [9.17, 15) is 9.59 Å². The second-order valence-electron chi connectivity index (χ2n) is 12.0. The average Bonchev–Trinajstić information content (AvgIpc) is 3.18. The van der Waals surface area contributed by atoms with Gasteiger partial charge in [-0.15, -0.1) is 0 Å². The van der Waals surface area contributed by atoms with Crippen LogP contribution < -0.4 is 21.2 Å². The van der Waals surface area contributed by atoms with Gasteiger partial charge in [-0.25, -0.2) is 9.59 Å². The maximum Gasteiger partial charge on any atom is 0.338 e. The molecule has 0 saturated heterocycles. The van der Waals surface area contributed by atoms with Crippen LogP contribution in [-0.4, -0.2) is 35.5 Å². The monoisotopic (exact) mass is 694 g/mol. The van der Waals surface area contributed by atoms with Gasteiger partial charge >= 0.3 is 11.9 Å². The minimum Gasteiger partial charge on any atom is -0.454 e. The Balaban J connectivity index is 1.52. The van der Waals surface area contributed by atoms with Crippen molar-refractivity contribution < 1.29 is 19.1 Å². The van der Waals surface area contributed by atoms with Crippen LogP contribution in [0.4, 0.5) is 0 Å². The fraction of sp³-hybridized carbons (Fsp3) is 0.136. The number of benzene rings is 6. The van der Waals surface area contributed by atoms with Crippen LogP contribution in [0.5, 0.6) is 0 Å². The van der Waals surface area contributed by atoms with Crippen LogP contribution in [0.25, 0.3) is 0 Å². The van der Waals surface area contributed by atoms with Crippen molar-refractivity contribution in [2.24, 2.45) is 0 Å². The van der Waals surface area contributed by atoms with Gasteiger partial charge in [0.05, 0.1) is 11.1 Å². The zero-order chi connectivity index (χ0) is 34.7. The molecule has 6 aromatic carbocycles. The van der Waals surface area contributed by atoms with E-state index < -0.39 is 40.0 Å². The predicted molar refractivity (Wildman–Crippen MR) is 208 cm³/mol. The molecule has 0 radical (unpaired) electrons. The Morgan fingerprint density at radius 1 is 0.380 bits per heavy atom. The van der Waals surface area contributed by atoms with E-state index in [1.807, 2.05) is 109 Å². The molecule has 0 heterocycles. The minimum absolute atomic E-state index is 0.248. The summed E-state index contributed by atoms with van der Waals surface area (Å²) in [7, 11) is -2.15. The number of ether oxygens (including phenoxy) is 2. The highest BCUT2D eigenvalue weighted by atomic mass is 31.1. The van der Waals surface area contributed by atoms with E-state index in [2.05, 4.69) is 62.4 Å². The van der Waals surface area contributed by atoms with Crippen LogP contribution in [-0.2, 0) is 9.47 Å². The van der Waals surface area contributed by atoms with Gasteiger partial charge in [0.2, 0.25) is 0 Å². The number of rotatable bonds is 13. The first-order valence-corrected chi connectivity index (χ1v) is 19.6. The van der Waals surface area contributed by atoms with E-state index in [0.29, 0.717) is 11.1 Å². The van der Waals surface area contributed by atoms with Gasteiger partial charge in [-0.1, -0.05) is 172 Å². The molecule has 0 aliphatic carbocycles. The lowest BCUT2D eigenvalue weighted by molar-refractivity contribution is -0.0350. The first-order chi connectivity index (χ1) is 24.5. The molecule has 0 unspecified atom stereocenters. The molecule has 0 fully saturated rings. The topological polar surface area (TPSA) is 52.6 Å². The standard InChI is InChI=1S/C44H40O4P2/c1-33(49(37-25-13-5-14-26-37)38-27-15-6-16-28-38)41(47-43(45)35-21-9-3-10-22-35)42(48-44(46)36-23-11-4-12-24-36)34(2)50(39-29-17-7-18-30-39)40-31-19-8-20-32-40/h3-34,41-42H,1-2H3/t33-,34-,41-,42-/m1/s1. The summed E-state index contributed by atoms with van der Waals surface area (Å²) in [6.07, 6.45) is -1.59. The molecule has 50 heavy (non-hydrogen) atoms. The molecule has 0 aliphatic heterocycles. The van der Waals surface area contributed by atoms with Crippen molar-refractivity contribution in [1.29, 1.82) is 0 Å². The Hall–Kier alpha value is -4.88. The molecular formula is C44H40O4P2. The zero-order valence-electron chi connectivity index (χ0n) is 28.2. The molecule has 6 rings (SSSR count). The lowest BCUT2D eigenvalue weighted by atomic mass is 10.1. The van der Waals surface area contributed by atoms with E-state index in [1.165, 1.54) is 0 Å². The summed E-state index contributed by atoms with van der Waals surface area (Å²) in [5.41, 5.74) is 0.397. The first-order valence-electron chi connectivity index (χ1n) is 16.8. The number of hydrogen-bond donors (Lipinski definition) is 0. The molecule has 6 heteroatoms. The van der Waals surface area contributed by atoms with Gasteiger partial charge in [-0.2, -0.15) is 0 Å². The van der Waals surface area contributed by atoms with Gasteiger partial charge in [0.1, 0.15) is 12.2 Å². The van der Waals surface area contributed by atoms with Crippen molar-refractivity contribution in [2.45, 2.75) is 37.4 Å². The molecular weight excluding hydrogens is 654 g/mol. The quantitative estimate of drug-likeness (QED) is 0.0900. The lowest BCUT2D eigenvalue weighted by Crippen LogP contribution is -2.49. The molecule has 0 aliphatic rings. The highest BCUT2D eigenvalue weighted by Gasteiger charge is 2.44. The normalized spacial score (nSPS) is 13.6. The van der Waals surface area contributed by atoms with E-state index in [-0.39, 0.29) is 11.3 Å². The van der Waals surface area contributed by atoms with Crippen LogP contribution in [0.3, 0.4) is 0 Å². The van der Waals surface area contributed by atoms with Crippen molar-refractivity contribution in [3.05, 3.63) is 193 Å². The summed E-state index contributed by atoms with van der Waals surface area (Å²) >= 11 is 0. The van der Waals surface area contributed by atoms with Crippen molar-refractivity contribution >= 4 is 49.0 Å². The molecule has 0 N–H and O–H groups in total. The Labute approximate surface area is 297 Å². The zero-order valence-corrected chi connectivity index (χ0v) is 29.9. The molecule has 0 amide bonds. The van der Waals surface area contributed by atoms with Gasteiger partial charge in [0.15, 0.2) is 0 Å². The molecule has 6 aromatic rings. The van der Waals surface area contributed by atoms with E-state index >= 15 is 0 Å². The fourth-order valence-electron chi connectivity index (χ4n) is 6.30. The number of carbonyl (C=O) groups excluding carboxylic acids is 2. The lowest BCUT2D eigenvalue weighted by Gasteiger charge is -2.40. The van der Waals surface area contributed by atoms with Gasteiger partial charge in [0.25, 0.3) is 0 Å². The van der Waals surface area contributed by atoms with Crippen molar-refractivity contribution in [3.63, 3.8) is 0 Å². The van der Waals surface area contributed by atoms with Gasteiger partial charge in [-0.05, 0) is 61.3 Å². The van der Waals surface area contributed by atoms with Gasteiger partial charge in [0, 0.05) is 11.3 Å².